The van der Waals surface area contributed by atoms with Crippen LogP contribution in [0.5, 0.6) is 0 Å². The molecule has 0 spiro atoms. The van der Waals surface area contributed by atoms with Gasteiger partial charge in [-0.25, -0.2) is 0 Å². The Bertz CT molecular complexity index is 31.2. The summed E-state index contributed by atoms with van der Waals surface area (Å²) in [4.78, 5) is 0. The van der Waals surface area contributed by atoms with E-state index < -0.39 is 14.6 Å². The standard InChI is InChI=1S/2BO3.Co.W/c2*2-1(3)4;;/q2*-3;+2;+4. The molecule has 0 aliphatic heterocycles. The summed E-state index contributed by atoms with van der Waals surface area (Å²) in [6, 6.07) is 0. The second kappa shape index (κ2) is 16.6. The van der Waals surface area contributed by atoms with E-state index in [1.165, 1.54) is 0 Å². The van der Waals surface area contributed by atoms with Crippen molar-refractivity contribution in [3.63, 3.8) is 0 Å². The van der Waals surface area contributed by atoms with Gasteiger partial charge in [-0.3, -0.25) is 14.6 Å². The van der Waals surface area contributed by atoms with Gasteiger partial charge >= 0.3 is 37.8 Å². The zero-order valence-electron chi connectivity index (χ0n) is 4.35. The van der Waals surface area contributed by atoms with Gasteiger partial charge in [0.25, 0.3) is 0 Å². The van der Waals surface area contributed by atoms with E-state index in [4.69, 9.17) is 30.1 Å². The van der Waals surface area contributed by atoms with Crippen LogP contribution in [0.25, 0.3) is 0 Å². The average Bonchev–Trinajstić information content (AvgIpc) is 1.25. The van der Waals surface area contributed by atoms with E-state index in [1.807, 2.05) is 0 Å². The maximum absolute atomic E-state index is 8.42. The van der Waals surface area contributed by atoms with Crippen LogP contribution in [0, 0.1) is 0 Å². The van der Waals surface area contributed by atoms with Crippen LogP contribution in [0.2, 0.25) is 0 Å². The van der Waals surface area contributed by atoms with Gasteiger partial charge in [-0.15, -0.1) is 0 Å². The first kappa shape index (κ1) is 22.5. The normalized spacial score (nSPS) is 5.40. The van der Waals surface area contributed by atoms with Crippen molar-refractivity contribution in [1.82, 2.24) is 0 Å². The average molecular weight is 360 g/mol. The zero-order valence-corrected chi connectivity index (χ0v) is 8.32. The fraction of sp³-hybridized carbons (Fsp3) is 0. The summed E-state index contributed by atoms with van der Waals surface area (Å²) >= 11 is 0. The van der Waals surface area contributed by atoms with Crippen molar-refractivity contribution in [1.29, 1.82) is 0 Å². The first-order chi connectivity index (χ1) is 3.46. The molecule has 0 saturated carbocycles. The summed E-state index contributed by atoms with van der Waals surface area (Å²) < 4.78 is 0. The number of rotatable bonds is 0. The minimum atomic E-state index is -2.92. The van der Waals surface area contributed by atoms with Gasteiger partial charge in [0, 0.05) is 0 Å². The van der Waals surface area contributed by atoms with E-state index in [0.29, 0.717) is 0 Å². The molecule has 0 heterocycles. The van der Waals surface area contributed by atoms with Gasteiger partial charge in [-0.2, -0.15) is 0 Å². The molecule has 0 fully saturated rings. The third-order valence-electron chi connectivity index (χ3n) is 0. The Balaban J connectivity index is -0.0000000300. The predicted octanol–water partition coefficient (Wildman–Crippen LogP) is -7.90. The minimum Gasteiger partial charge on any atom is -0.907 e. The van der Waals surface area contributed by atoms with Crippen molar-refractivity contribution in [3.8, 4) is 0 Å². The molecular weight excluding hydrogens is 360 g/mol. The van der Waals surface area contributed by atoms with E-state index in [9.17, 15) is 0 Å². The van der Waals surface area contributed by atoms with Crippen LogP contribution >= 0.6 is 0 Å². The second-order valence-corrected chi connectivity index (χ2v) is 0.577. The molecule has 0 aromatic rings. The van der Waals surface area contributed by atoms with Gasteiger partial charge in [-0.1, -0.05) is 0 Å². The predicted molar refractivity (Wildman–Crippen MR) is 11.5 cm³/mol. The Morgan fingerprint density at radius 1 is 0.600 bits per heavy atom. The van der Waals surface area contributed by atoms with Crippen molar-refractivity contribution in [2.45, 2.75) is 0 Å². The van der Waals surface area contributed by atoms with Crippen LogP contribution in [0.15, 0.2) is 0 Å². The summed E-state index contributed by atoms with van der Waals surface area (Å²) in [6.45, 7) is 0. The molecule has 0 unspecified atom stereocenters. The zero-order chi connectivity index (χ0) is 7.15. The minimum absolute atomic E-state index is 0. The fourth-order valence-electron chi connectivity index (χ4n) is 0. The Morgan fingerprint density at radius 3 is 0.600 bits per heavy atom. The SMILES string of the molecule is [Co+2].[O-]B([O-])[O-].[O-]B([O-])[O-].[W+4]. The van der Waals surface area contributed by atoms with Crippen LogP contribution in [0.4, 0.5) is 0 Å². The Labute approximate surface area is 82.7 Å². The molecular formula is B2CoO6W. The molecule has 1 radical (unpaired) electrons. The second-order valence-electron chi connectivity index (χ2n) is 0.577. The molecule has 0 saturated heterocycles. The van der Waals surface area contributed by atoms with Crippen molar-refractivity contribution in [2.24, 2.45) is 0 Å². The monoisotopic (exact) mass is 361 g/mol. The molecule has 0 aliphatic rings. The van der Waals surface area contributed by atoms with E-state index in [1.54, 1.807) is 0 Å². The van der Waals surface area contributed by atoms with Crippen molar-refractivity contribution in [2.75, 3.05) is 0 Å². The van der Waals surface area contributed by atoms with Crippen LogP contribution in [0.3, 0.4) is 0 Å². The van der Waals surface area contributed by atoms with E-state index in [-0.39, 0.29) is 37.8 Å². The third kappa shape index (κ3) is 505. The van der Waals surface area contributed by atoms with Crippen molar-refractivity contribution < 1.29 is 68.0 Å². The fourth-order valence-corrected chi connectivity index (χ4v) is 0. The van der Waals surface area contributed by atoms with Gasteiger partial charge in [0.2, 0.25) is 0 Å². The Kier molecular flexibility index (Phi) is 37.2. The summed E-state index contributed by atoms with van der Waals surface area (Å²) in [6.07, 6.45) is 0. The van der Waals surface area contributed by atoms with Crippen LogP contribution in [0.1, 0.15) is 0 Å². The summed E-state index contributed by atoms with van der Waals surface area (Å²) in [5.74, 6) is 0. The van der Waals surface area contributed by atoms with E-state index in [0.717, 1.165) is 0 Å². The summed E-state index contributed by atoms with van der Waals surface area (Å²) in [5, 5.41) is 50.5. The molecule has 0 rings (SSSR count). The topological polar surface area (TPSA) is 138 Å². The molecule has 0 aliphatic carbocycles. The number of hydrogen-bond donors (Lipinski definition) is 0. The maximum Gasteiger partial charge on any atom is 4.00 e. The van der Waals surface area contributed by atoms with E-state index >= 15 is 0 Å². The smallest absolute Gasteiger partial charge is 0.907 e. The third-order valence-corrected chi connectivity index (χ3v) is 0. The van der Waals surface area contributed by atoms with Gasteiger partial charge in [0.05, 0.1) is 0 Å². The first-order valence-electron chi connectivity index (χ1n) is 1.41. The van der Waals surface area contributed by atoms with E-state index in [2.05, 4.69) is 0 Å². The van der Waals surface area contributed by atoms with Crippen molar-refractivity contribution >= 4 is 14.6 Å². The molecule has 0 atom stereocenters. The van der Waals surface area contributed by atoms with Crippen LogP contribution < -0.4 is 30.1 Å². The molecule has 0 aromatic carbocycles. The first-order valence-corrected chi connectivity index (χ1v) is 1.41. The van der Waals surface area contributed by atoms with Crippen LogP contribution in [-0.2, 0) is 37.8 Å². The van der Waals surface area contributed by atoms with Gasteiger partial charge in [0.1, 0.15) is 0 Å². The van der Waals surface area contributed by atoms with Gasteiger partial charge < -0.3 is 30.1 Å². The van der Waals surface area contributed by atoms with Gasteiger partial charge in [-0.05, 0) is 0 Å². The quantitative estimate of drug-likeness (QED) is 0.393. The molecule has 0 amide bonds. The molecule has 10 heavy (non-hydrogen) atoms. The molecule has 57 valence electrons. The van der Waals surface area contributed by atoms with Gasteiger partial charge in [0.15, 0.2) is 0 Å². The van der Waals surface area contributed by atoms with Crippen LogP contribution in [-0.4, -0.2) is 14.6 Å². The molecule has 10 heteroatoms. The Hall–Kier alpha value is 1.08. The number of hydrogen-bond acceptors (Lipinski definition) is 6. The summed E-state index contributed by atoms with van der Waals surface area (Å²) in [7, 11) is -5.83. The molecule has 0 aromatic heterocycles. The maximum atomic E-state index is 8.42. The summed E-state index contributed by atoms with van der Waals surface area (Å²) in [5.41, 5.74) is 0. The largest absolute Gasteiger partial charge is 4.00 e. The molecule has 6 nitrogen and oxygen atoms in total. The molecule has 0 bridgehead atoms. The molecule has 0 N–H and O–H groups in total. The van der Waals surface area contributed by atoms with Crippen molar-refractivity contribution in [3.05, 3.63) is 0 Å². The Morgan fingerprint density at radius 2 is 0.600 bits per heavy atom.